The number of carbonyl (C=O) groups is 2. The van der Waals surface area contributed by atoms with E-state index in [1.165, 1.54) is 24.3 Å². The molecule has 0 radical (unpaired) electrons. The molecule has 2 rings (SSSR count). The summed E-state index contributed by atoms with van der Waals surface area (Å²) in [7, 11) is -3.32. The Labute approximate surface area is 152 Å². The second-order valence-electron chi connectivity index (χ2n) is 5.92. The summed E-state index contributed by atoms with van der Waals surface area (Å²) in [4.78, 5) is 23.1. The molecule has 0 spiro atoms. The number of unbranched alkanes of at least 4 members (excludes halogenated alkanes) is 1. The van der Waals surface area contributed by atoms with Gasteiger partial charge in [-0.05, 0) is 48.4 Å². The zero-order valence-electron chi connectivity index (χ0n) is 14.4. The normalized spacial score (nSPS) is 11.1. The van der Waals surface area contributed by atoms with Crippen LogP contribution in [0.3, 0.4) is 0 Å². The van der Waals surface area contributed by atoms with Crippen LogP contribution in [-0.4, -0.2) is 31.2 Å². The standard InChI is InChI=1S/C19H21NO5S/c1-2-3-12-26(24,25)17-10-6-15(7-11-17)19(23)20-16-8-4-14(5-9-16)13-18(21)22/h4-11H,2-3,12-13H2,1H3,(H,20,23)(H,21,22). The lowest BCUT2D eigenvalue weighted by molar-refractivity contribution is -0.136. The molecule has 26 heavy (non-hydrogen) atoms. The molecule has 0 aliphatic rings. The van der Waals surface area contributed by atoms with Gasteiger partial charge in [-0.25, -0.2) is 8.42 Å². The minimum atomic E-state index is -3.32. The number of carboxylic acid groups (broad SMARTS) is 1. The third kappa shape index (κ3) is 5.42. The molecule has 2 N–H and O–H groups in total. The van der Waals surface area contributed by atoms with E-state index in [1.54, 1.807) is 24.3 Å². The Bertz CT molecular complexity index is 871. The van der Waals surface area contributed by atoms with Crippen molar-refractivity contribution in [2.24, 2.45) is 0 Å². The molecule has 0 saturated carbocycles. The van der Waals surface area contributed by atoms with E-state index in [9.17, 15) is 18.0 Å². The molecule has 0 unspecified atom stereocenters. The van der Waals surface area contributed by atoms with Crippen LogP contribution in [0.1, 0.15) is 35.7 Å². The number of carbonyl (C=O) groups excluding carboxylic acids is 1. The molecular weight excluding hydrogens is 354 g/mol. The monoisotopic (exact) mass is 375 g/mol. The molecule has 7 heteroatoms. The third-order valence-corrected chi connectivity index (χ3v) is 5.63. The molecule has 6 nitrogen and oxygen atoms in total. The van der Waals surface area contributed by atoms with Crippen LogP contribution in [0, 0.1) is 0 Å². The number of anilines is 1. The number of sulfone groups is 1. The Kier molecular flexibility index (Phi) is 6.52. The minimum absolute atomic E-state index is 0.0812. The average Bonchev–Trinajstić information content (AvgIpc) is 2.61. The van der Waals surface area contributed by atoms with Crippen molar-refractivity contribution < 1.29 is 23.1 Å². The van der Waals surface area contributed by atoms with Gasteiger partial charge in [0.15, 0.2) is 9.84 Å². The first-order valence-corrected chi connectivity index (χ1v) is 9.92. The zero-order valence-corrected chi connectivity index (χ0v) is 15.3. The Morgan fingerprint density at radius 3 is 2.15 bits per heavy atom. The van der Waals surface area contributed by atoms with Gasteiger partial charge in [0, 0.05) is 11.3 Å². The summed E-state index contributed by atoms with van der Waals surface area (Å²) in [6.07, 6.45) is 1.32. The van der Waals surface area contributed by atoms with Gasteiger partial charge in [0.2, 0.25) is 0 Å². The highest BCUT2D eigenvalue weighted by molar-refractivity contribution is 7.91. The van der Waals surface area contributed by atoms with E-state index in [0.29, 0.717) is 23.2 Å². The fourth-order valence-corrected chi connectivity index (χ4v) is 3.80. The molecule has 2 aromatic carbocycles. The quantitative estimate of drug-likeness (QED) is 0.738. The van der Waals surface area contributed by atoms with Crippen molar-refractivity contribution in [3.8, 4) is 0 Å². The molecular formula is C19H21NO5S. The fourth-order valence-electron chi connectivity index (χ4n) is 2.35. The van der Waals surface area contributed by atoms with Crippen molar-refractivity contribution in [2.45, 2.75) is 31.1 Å². The summed E-state index contributed by atoms with van der Waals surface area (Å²) in [5.74, 6) is -1.19. The Morgan fingerprint density at radius 2 is 1.62 bits per heavy atom. The minimum Gasteiger partial charge on any atom is -0.481 e. The molecule has 0 aromatic heterocycles. The number of hydrogen-bond donors (Lipinski definition) is 2. The van der Waals surface area contributed by atoms with Crippen LogP contribution in [-0.2, 0) is 21.1 Å². The second kappa shape index (κ2) is 8.62. The predicted octanol–water partition coefficient (Wildman–Crippen LogP) is 3.14. The van der Waals surface area contributed by atoms with E-state index in [-0.39, 0.29) is 23.0 Å². The van der Waals surface area contributed by atoms with Crippen molar-refractivity contribution in [1.82, 2.24) is 0 Å². The van der Waals surface area contributed by atoms with E-state index in [0.717, 1.165) is 6.42 Å². The van der Waals surface area contributed by atoms with E-state index < -0.39 is 15.8 Å². The van der Waals surface area contributed by atoms with Gasteiger partial charge in [0.25, 0.3) is 5.91 Å². The lowest BCUT2D eigenvalue weighted by Gasteiger charge is -2.08. The van der Waals surface area contributed by atoms with Gasteiger partial charge in [-0.2, -0.15) is 0 Å². The number of rotatable bonds is 8. The van der Waals surface area contributed by atoms with E-state index in [1.807, 2.05) is 6.92 Å². The van der Waals surface area contributed by atoms with Crippen LogP contribution in [0.2, 0.25) is 0 Å². The van der Waals surface area contributed by atoms with E-state index in [4.69, 9.17) is 5.11 Å². The summed E-state index contributed by atoms with van der Waals surface area (Å²) < 4.78 is 24.3. The number of nitrogens with one attached hydrogen (secondary N) is 1. The molecule has 0 fully saturated rings. The van der Waals surface area contributed by atoms with Crippen LogP contribution in [0.15, 0.2) is 53.4 Å². The van der Waals surface area contributed by atoms with Gasteiger partial charge in [0.1, 0.15) is 0 Å². The molecule has 1 amide bonds. The average molecular weight is 375 g/mol. The maximum absolute atomic E-state index is 12.3. The Hall–Kier alpha value is -2.67. The van der Waals surface area contributed by atoms with Crippen LogP contribution in [0.5, 0.6) is 0 Å². The first-order valence-electron chi connectivity index (χ1n) is 8.26. The Balaban J connectivity index is 2.05. The highest BCUT2D eigenvalue weighted by atomic mass is 32.2. The number of hydrogen-bond acceptors (Lipinski definition) is 4. The first kappa shape index (κ1) is 19.7. The SMILES string of the molecule is CCCCS(=O)(=O)c1ccc(C(=O)Nc2ccc(CC(=O)O)cc2)cc1. The van der Waals surface area contributed by atoms with E-state index in [2.05, 4.69) is 5.32 Å². The van der Waals surface area contributed by atoms with Crippen LogP contribution >= 0.6 is 0 Å². The molecule has 0 aliphatic carbocycles. The second-order valence-corrected chi connectivity index (χ2v) is 8.03. The summed E-state index contributed by atoms with van der Waals surface area (Å²) in [5, 5.41) is 11.4. The summed E-state index contributed by atoms with van der Waals surface area (Å²) in [6.45, 7) is 1.93. The maximum atomic E-state index is 12.3. The topological polar surface area (TPSA) is 101 Å². The van der Waals surface area contributed by atoms with Crippen LogP contribution in [0.25, 0.3) is 0 Å². The van der Waals surface area contributed by atoms with Crippen molar-refractivity contribution in [1.29, 1.82) is 0 Å². The molecule has 0 aliphatic heterocycles. The van der Waals surface area contributed by atoms with Gasteiger partial charge in [-0.15, -0.1) is 0 Å². The lowest BCUT2D eigenvalue weighted by atomic mass is 10.1. The fraction of sp³-hybridized carbons (Fsp3) is 0.263. The Morgan fingerprint density at radius 1 is 1.00 bits per heavy atom. The van der Waals surface area contributed by atoms with Crippen molar-refractivity contribution in [3.05, 3.63) is 59.7 Å². The van der Waals surface area contributed by atoms with Crippen molar-refractivity contribution >= 4 is 27.4 Å². The molecule has 0 bridgehead atoms. The predicted molar refractivity (Wildman–Crippen MR) is 99.1 cm³/mol. The highest BCUT2D eigenvalue weighted by Crippen LogP contribution is 2.16. The number of aliphatic carboxylic acids is 1. The van der Waals surface area contributed by atoms with Gasteiger partial charge in [-0.3, -0.25) is 9.59 Å². The van der Waals surface area contributed by atoms with Crippen LogP contribution < -0.4 is 5.32 Å². The van der Waals surface area contributed by atoms with Gasteiger partial charge in [0.05, 0.1) is 17.1 Å². The van der Waals surface area contributed by atoms with Crippen LogP contribution in [0.4, 0.5) is 5.69 Å². The van der Waals surface area contributed by atoms with E-state index >= 15 is 0 Å². The molecule has 0 heterocycles. The summed E-state index contributed by atoms with van der Waals surface area (Å²) >= 11 is 0. The highest BCUT2D eigenvalue weighted by Gasteiger charge is 2.14. The number of carboxylic acids is 1. The maximum Gasteiger partial charge on any atom is 0.307 e. The lowest BCUT2D eigenvalue weighted by Crippen LogP contribution is -2.13. The molecule has 138 valence electrons. The number of amides is 1. The summed E-state index contributed by atoms with van der Waals surface area (Å²) in [5.41, 5.74) is 1.51. The van der Waals surface area contributed by atoms with Gasteiger partial charge in [-0.1, -0.05) is 25.5 Å². The van der Waals surface area contributed by atoms with Crippen molar-refractivity contribution in [3.63, 3.8) is 0 Å². The first-order chi connectivity index (χ1) is 12.3. The largest absolute Gasteiger partial charge is 0.481 e. The summed E-state index contributed by atoms with van der Waals surface area (Å²) in [6, 6.07) is 12.4. The van der Waals surface area contributed by atoms with Gasteiger partial charge < -0.3 is 10.4 Å². The molecule has 2 aromatic rings. The molecule has 0 saturated heterocycles. The third-order valence-electron chi connectivity index (χ3n) is 3.81. The van der Waals surface area contributed by atoms with Crippen molar-refractivity contribution in [2.75, 3.05) is 11.1 Å². The smallest absolute Gasteiger partial charge is 0.307 e. The van der Waals surface area contributed by atoms with Gasteiger partial charge >= 0.3 is 5.97 Å². The zero-order chi connectivity index (χ0) is 19.2. The number of benzene rings is 2. The molecule has 0 atom stereocenters.